The van der Waals surface area contributed by atoms with E-state index < -0.39 is 0 Å². The molecule has 0 saturated carbocycles. The highest BCUT2D eigenvalue weighted by Gasteiger charge is 2.18. The zero-order valence-electron chi connectivity index (χ0n) is 15.9. The maximum Gasteiger partial charge on any atom is 0.232 e. The van der Waals surface area contributed by atoms with E-state index in [1.807, 2.05) is 23.1 Å². The van der Waals surface area contributed by atoms with Crippen molar-refractivity contribution in [3.05, 3.63) is 66.0 Å². The van der Waals surface area contributed by atoms with Gasteiger partial charge >= 0.3 is 0 Å². The lowest BCUT2D eigenvalue weighted by Gasteiger charge is -2.22. The third-order valence-corrected chi connectivity index (χ3v) is 5.88. The third kappa shape index (κ3) is 7.00. The van der Waals surface area contributed by atoms with Crippen molar-refractivity contribution < 1.29 is 4.79 Å². The number of carbonyl (C=O) groups is 1. The van der Waals surface area contributed by atoms with Crippen LogP contribution in [0.5, 0.6) is 0 Å². The minimum absolute atomic E-state index is 0.266. The average molecular weight is 384 g/mol. The van der Waals surface area contributed by atoms with E-state index in [0.717, 1.165) is 57.0 Å². The molecule has 27 heavy (non-hydrogen) atoms. The SMILES string of the molecule is O=C(CSCc1ccccn1)N1CCCN(CCCc2ccccc2)CC1. The second kappa shape index (κ2) is 11.1. The van der Waals surface area contributed by atoms with E-state index in [1.54, 1.807) is 18.0 Å². The van der Waals surface area contributed by atoms with Crippen LogP contribution in [0.4, 0.5) is 0 Å². The van der Waals surface area contributed by atoms with E-state index >= 15 is 0 Å². The van der Waals surface area contributed by atoms with Crippen LogP contribution >= 0.6 is 11.8 Å². The number of hydrogen-bond donors (Lipinski definition) is 0. The fourth-order valence-electron chi connectivity index (χ4n) is 3.41. The molecule has 2 heterocycles. The highest BCUT2D eigenvalue weighted by molar-refractivity contribution is 7.99. The van der Waals surface area contributed by atoms with Gasteiger partial charge in [-0.1, -0.05) is 36.4 Å². The third-order valence-electron chi connectivity index (χ3n) is 4.93. The van der Waals surface area contributed by atoms with Crippen LogP contribution in [0.2, 0.25) is 0 Å². The smallest absolute Gasteiger partial charge is 0.232 e. The molecular weight excluding hydrogens is 354 g/mol. The molecule has 144 valence electrons. The van der Waals surface area contributed by atoms with E-state index in [-0.39, 0.29) is 5.91 Å². The number of nitrogens with zero attached hydrogens (tertiary/aromatic N) is 3. The van der Waals surface area contributed by atoms with E-state index in [4.69, 9.17) is 0 Å². The molecule has 0 spiro atoms. The first-order valence-corrected chi connectivity index (χ1v) is 11.0. The molecular formula is C22H29N3OS. The fourth-order valence-corrected chi connectivity index (χ4v) is 4.25. The monoisotopic (exact) mass is 383 g/mol. The van der Waals surface area contributed by atoms with Gasteiger partial charge in [-0.05, 0) is 50.0 Å². The second-order valence-corrected chi connectivity index (χ2v) is 7.96. The molecule has 0 radical (unpaired) electrons. The van der Waals surface area contributed by atoms with E-state index in [2.05, 4.69) is 40.2 Å². The number of aromatic nitrogens is 1. The maximum atomic E-state index is 12.5. The van der Waals surface area contributed by atoms with Crippen molar-refractivity contribution in [3.63, 3.8) is 0 Å². The van der Waals surface area contributed by atoms with Gasteiger partial charge in [-0.2, -0.15) is 0 Å². The van der Waals surface area contributed by atoms with Gasteiger partial charge in [0.05, 0.1) is 11.4 Å². The number of hydrogen-bond acceptors (Lipinski definition) is 4. The number of pyridine rings is 1. The largest absolute Gasteiger partial charge is 0.341 e. The number of aryl methyl sites for hydroxylation is 1. The van der Waals surface area contributed by atoms with Crippen molar-refractivity contribution in [2.24, 2.45) is 0 Å². The number of benzene rings is 1. The van der Waals surface area contributed by atoms with Gasteiger partial charge in [-0.25, -0.2) is 0 Å². The molecule has 1 aliphatic rings. The maximum absolute atomic E-state index is 12.5. The van der Waals surface area contributed by atoms with Crippen LogP contribution in [0, 0.1) is 0 Å². The summed E-state index contributed by atoms with van der Waals surface area (Å²) in [6.07, 6.45) is 5.18. The van der Waals surface area contributed by atoms with Gasteiger partial charge in [-0.3, -0.25) is 9.78 Å². The topological polar surface area (TPSA) is 36.4 Å². The van der Waals surface area contributed by atoms with Gasteiger partial charge in [0.25, 0.3) is 0 Å². The Morgan fingerprint density at radius 1 is 1.00 bits per heavy atom. The van der Waals surface area contributed by atoms with Crippen molar-refractivity contribution in [1.29, 1.82) is 0 Å². The Hall–Kier alpha value is -1.85. The molecule has 0 aliphatic carbocycles. The molecule has 2 aromatic rings. The predicted molar refractivity (Wildman–Crippen MR) is 113 cm³/mol. The average Bonchev–Trinajstić information content (AvgIpc) is 2.95. The van der Waals surface area contributed by atoms with Crippen molar-refractivity contribution >= 4 is 17.7 Å². The van der Waals surface area contributed by atoms with Crippen LogP contribution in [0.1, 0.15) is 24.1 Å². The summed E-state index contributed by atoms with van der Waals surface area (Å²) < 4.78 is 0. The first-order valence-electron chi connectivity index (χ1n) is 9.83. The van der Waals surface area contributed by atoms with Gasteiger partial charge in [0.15, 0.2) is 0 Å². The highest BCUT2D eigenvalue weighted by atomic mass is 32.2. The van der Waals surface area contributed by atoms with Gasteiger partial charge in [-0.15, -0.1) is 11.8 Å². The molecule has 1 aromatic carbocycles. The second-order valence-electron chi connectivity index (χ2n) is 6.98. The van der Waals surface area contributed by atoms with Gasteiger partial charge in [0.2, 0.25) is 5.91 Å². The molecule has 0 N–H and O–H groups in total. The molecule has 1 aliphatic heterocycles. The van der Waals surface area contributed by atoms with Crippen molar-refractivity contribution in [2.75, 3.05) is 38.5 Å². The standard InChI is InChI=1S/C22H29N3OS/c26-22(19-27-18-21-11-4-5-12-23-21)25-15-7-14-24(16-17-25)13-6-10-20-8-2-1-3-9-20/h1-5,8-9,11-12H,6-7,10,13-19H2. The van der Waals surface area contributed by atoms with E-state index in [0.29, 0.717) is 5.75 Å². The quantitative estimate of drug-likeness (QED) is 0.699. The Morgan fingerprint density at radius 2 is 1.85 bits per heavy atom. The van der Waals surface area contributed by atoms with Crippen LogP contribution in [0.3, 0.4) is 0 Å². The summed E-state index contributed by atoms with van der Waals surface area (Å²) >= 11 is 1.66. The Labute approximate surface area is 167 Å². The van der Waals surface area contributed by atoms with Crippen LogP contribution in [-0.4, -0.2) is 59.2 Å². The zero-order valence-corrected chi connectivity index (χ0v) is 16.7. The molecule has 0 atom stereocenters. The van der Waals surface area contributed by atoms with Crippen molar-refractivity contribution in [3.8, 4) is 0 Å². The summed E-state index contributed by atoms with van der Waals surface area (Å²) in [6, 6.07) is 16.6. The van der Waals surface area contributed by atoms with Gasteiger partial charge in [0.1, 0.15) is 0 Å². The minimum atomic E-state index is 0.266. The molecule has 1 amide bonds. The Kier molecular flexibility index (Phi) is 8.18. The number of carbonyl (C=O) groups excluding carboxylic acids is 1. The Morgan fingerprint density at radius 3 is 2.67 bits per heavy atom. The molecule has 1 aromatic heterocycles. The molecule has 0 unspecified atom stereocenters. The summed E-state index contributed by atoms with van der Waals surface area (Å²) in [7, 11) is 0. The first-order chi connectivity index (χ1) is 13.3. The number of rotatable bonds is 8. The van der Waals surface area contributed by atoms with Crippen LogP contribution in [0.25, 0.3) is 0 Å². The summed E-state index contributed by atoms with van der Waals surface area (Å²) in [6.45, 7) is 4.95. The molecule has 1 saturated heterocycles. The lowest BCUT2D eigenvalue weighted by atomic mass is 10.1. The van der Waals surface area contributed by atoms with Crippen LogP contribution in [0.15, 0.2) is 54.7 Å². The van der Waals surface area contributed by atoms with Crippen molar-refractivity contribution in [1.82, 2.24) is 14.8 Å². The summed E-state index contributed by atoms with van der Waals surface area (Å²) in [5, 5.41) is 0. The molecule has 3 rings (SSSR count). The lowest BCUT2D eigenvalue weighted by molar-refractivity contribution is -0.128. The van der Waals surface area contributed by atoms with Gasteiger partial charge in [0, 0.05) is 31.6 Å². The highest BCUT2D eigenvalue weighted by Crippen LogP contribution is 2.12. The first kappa shape index (κ1) is 19.9. The minimum Gasteiger partial charge on any atom is -0.341 e. The summed E-state index contributed by atoms with van der Waals surface area (Å²) in [4.78, 5) is 21.4. The van der Waals surface area contributed by atoms with Crippen LogP contribution in [-0.2, 0) is 17.0 Å². The lowest BCUT2D eigenvalue weighted by Crippen LogP contribution is -2.36. The van der Waals surface area contributed by atoms with E-state index in [9.17, 15) is 4.79 Å². The predicted octanol–water partition coefficient (Wildman–Crippen LogP) is 3.48. The number of thioether (sulfide) groups is 1. The fraction of sp³-hybridized carbons (Fsp3) is 0.455. The summed E-state index contributed by atoms with van der Waals surface area (Å²) in [5.74, 6) is 1.61. The van der Waals surface area contributed by atoms with Gasteiger partial charge < -0.3 is 9.80 Å². The molecule has 4 nitrogen and oxygen atoms in total. The van der Waals surface area contributed by atoms with Crippen molar-refractivity contribution in [2.45, 2.75) is 25.0 Å². The Bertz CT molecular complexity index is 680. The normalized spacial score (nSPS) is 15.5. The summed E-state index contributed by atoms with van der Waals surface area (Å²) in [5.41, 5.74) is 2.45. The molecule has 0 bridgehead atoms. The number of amides is 1. The van der Waals surface area contributed by atoms with Crippen LogP contribution < -0.4 is 0 Å². The zero-order chi connectivity index (χ0) is 18.7. The molecule has 1 fully saturated rings. The Balaban J connectivity index is 1.34. The molecule has 5 heteroatoms. The van der Waals surface area contributed by atoms with E-state index in [1.165, 1.54) is 12.0 Å².